The van der Waals surface area contributed by atoms with Gasteiger partial charge in [0.25, 0.3) is 6.01 Å². The number of fused-ring (bicyclic) bond motifs is 1. The fourth-order valence-electron chi connectivity index (χ4n) is 3.28. The van der Waals surface area contributed by atoms with Crippen LogP contribution >= 0.6 is 0 Å². The third-order valence-electron chi connectivity index (χ3n) is 4.75. The zero-order chi connectivity index (χ0) is 16.5. The summed E-state index contributed by atoms with van der Waals surface area (Å²) in [6.45, 7) is 3.64. The summed E-state index contributed by atoms with van der Waals surface area (Å²) in [7, 11) is 0. The molecular formula is C20H20N2O2. The van der Waals surface area contributed by atoms with Gasteiger partial charge in [-0.1, -0.05) is 42.0 Å². The average molecular weight is 320 g/mol. The van der Waals surface area contributed by atoms with Crippen molar-refractivity contribution in [2.45, 2.75) is 19.8 Å². The molecule has 0 spiro atoms. The zero-order valence-electron chi connectivity index (χ0n) is 13.7. The van der Waals surface area contributed by atoms with Crippen molar-refractivity contribution >= 4 is 22.9 Å². The van der Waals surface area contributed by atoms with E-state index < -0.39 is 0 Å². The minimum Gasteiger partial charge on any atom is -0.423 e. The van der Waals surface area contributed by atoms with Gasteiger partial charge in [-0.2, -0.15) is 4.98 Å². The minimum atomic E-state index is 0.0911. The third kappa shape index (κ3) is 2.80. The van der Waals surface area contributed by atoms with E-state index in [2.05, 4.69) is 9.88 Å². The number of anilines is 1. The number of hydrogen-bond acceptors (Lipinski definition) is 4. The van der Waals surface area contributed by atoms with Gasteiger partial charge in [0.15, 0.2) is 11.4 Å². The smallest absolute Gasteiger partial charge is 0.298 e. The first kappa shape index (κ1) is 14.9. The fourth-order valence-corrected chi connectivity index (χ4v) is 3.28. The van der Waals surface area contributed by atoms with E-state index in [0.29, 0.717) is 6.01 Å². The van der Waals surface area contributed by atoms with Crippen molar-refractivity contribution in [3.63, 3.8) is 0 Å². The molecule has 3 aromatic rings. The van der Waals surface area contributed by atoms with Crippen LogP contribution in [0.4, 0.5) is 6.01 Å². The topological polar surface area (TPSA) is 46.3 Å². The highest BCUT2D eigenvalue weighted by Gasteiger charge is 2.27. The summed E-state index contributed by atoms with van der Waals surface area (Å²) in [6.07, 6.45) is 1.68. The number of hydrogen-bond donors (Lipinski definition) is 0. The first-order chi connectivity index (χ1) is 11.7. The second-order valence-corrected chi connectivity index (χ2v) is 6.46. The van der Waals surface area contributed by atoms with E-state index in [0.717, 1.165) is 42.6 Å². The number of piperidine rings is 1. The molecule has 4 nitrogen and oxygen atoms in total. The summed E-state index contributed by atoms with van der Waals surface area (Å²) in [5.74, 6) is 0.348. The van der Waals surface area contributed by atoms with E-state index in [4.69, 9.17) is 4.42 Å². The monoisotopic (exact) mass is 320 g/mol. The second kappa shape index (κ2) is 6.11. The molecule has 24 heavy (non-hydrogen) atoms. The molecule has 4 rings (SSSR count). The number of ketones is 1. The molecule has 1 fully saturated rings. The molecule has 1 aliphatic heterocycles. The Labute approximate surface area is 141 Å². The summed E-state index contributed by atoms with van der Waals surface area (Å²) >= 11 is 0. The van der Waals surface area contributed by atoms with E-state index in [9.17, 15) is 4.79 Å². The number of aryl methyl sites for hydroxylation is 1. The van der Waals surface area contributed by atoms with Crippen molar-refractivity contribution in [3.05, 3.63) is 59.7 Å². The van der Waals surface area contributed by atoms with Crippen molar-refractivity contribution in [2.75, 3.05) is 18.0 Å². The van der Waals surface area contributed by atoms with Crippen LogP contribution in [0.1, 0.15) is 28.8 Å². The number of carbonyl (C=O) groups is 1. The molecule has 0 unspecified atom stereocenters. The van der Waals surface area contributed by atoms with Crippen LogP contribution in [-0.4, -0.2) is 23.9 Å². The number of oxazole rings is 1. The van der Waals surface area contributed by atoms with Crippen molar-refractivity contribution in [1.29, 1.82) is 0 Å². The molecule has 0 aliphatic carbocycles. The Balaban J connectivity index is 1.44. The molecule has 1 aliphatic rings. The quantitative estimate of drug-likeness (QED) is 0.677. The number of nitrogens with zero attached hydrogens (tertiary/aromatic N) is 2. The summed E-state index contributed by atoms with van der Waals surface area (Å²) < 4.78 is 5.83. The van der Waals surface area contributed by atoms with Gasteiger partial charge >= 0.3 is 0 Å². The first-order valence-corrected chi connectivity index (χ1v) is 8.42. The van der Waals surface area contributed by atoms with E-state index in [1.807, 2.05) is 55.5 Å². The van der Waals surface area contributed by atoms with Crippen LogP contribution in [-0.2, 0) is 0 Å². The first-order valence-electron chi connectivity index (χ1n) is 8.42. The zero-order valence-corrected chi connectivity index (χ0v) is 13.7. The van der Waals surface area contributed by atoms with Gasteiger partial charge in [-0.25, -0.2) is 0 Å². The van der Waals surface area contributed by atoms with Crippen LogP contribution in [0, 0.1) is 12.8 Å². The summed E-state index contributed by atoms with van der Waals surface area (Å²) in [5.41, 5.74) is 3.69. The Morgan fingerprint density at radius 1 is 1.08 bits per heavy atom. The maximum absolute atomic E-state index is 12.6. The van der Waals surface area contributed by atoms with E-state index >= 15 is 0 Å². The Morgan fingerprint density at radius 2 is 1.79 bits per heavy atom. The van der Waals surface area contributed by atoms with Gasteiger partial charge in [0.1, 0.15) is 5.52 Å². The number of para-hydroxylation sites is 2. The molecule has 4 heteroatoms. The van der Waals surface area contributed by atoms with Gasteiger partial charge in [0, 0.05) is 24.6 Å². The summed E-state index contributed by atoms with van der Waals surface area (Å²) in [6, 6.07) is 16.3. The van der Waals surface area contributed by atoms with Crippen LogP contribution in [0.3, 0.4) is 0 Å². The Morgan fingerprint density at radius 3 is 2.50 bits per heavy atom. The van der Waals surface area contributed by atoms with Crippen LogP contribution in [0.2, 0.25) is 0 Å². The van der Waals surface area contributed by atoms with Crippen molar-refractivity contribution < 1.29 is 9.21 Å². The molecule has 2 heterocycles. The number of carbonyl (C=O) groups excluding carboxylic acids is 1. The lowest BCUT2D eigenvalue weighted by atomic mass is 9.89. The molecule has 0 amide bonds. The highest BCUT2D eigenvalue weighted by Crippen LogP contribution is 2.27. The van der Waals surface area contributed by atoms with Gasteiger partial charge in [-0.3, -0.25) is 4.79 Å². The Bertz CT molecular complexity index is 826. The molecule has 0 saturated carbocycles. The highest BCUT2D eigenvalue weighted by atomic mass is 16.4. The molecule has 0 bridgehead atoms. The van der Waals surface area contributed by atoms with E-state index in [1.165, 1.54) is 5.56 Å². The number of Topliss-reactive ketones (excluding diaryl/α,β-unsaturated/α-hetero) is 1. The van der Waals surface area contributed by atoms with Crippen LogP contribution < -0.4 is 4.90 Å². The minimum absolute atomic E-state index is 0.0911. The Kier molecular flexibility index (Phi) is 3.81. The molecule has 122 valence electrons. The molecule has 1 saturated heterocycles. The van der Waals surface area contributed by atoms with Gasteiger partial charge < -0.3 is 9.32 Å². The summed E-state index contributed by atoms with van der Waals surface area (Å²) in [5, 5.41) is 0. The number of aromatic nitrogens is 1. The van der Waals surface area contributed by atoms with Gasteiger partial charge in [0.05, 0.1) is 0 Å². The highest BCUT2D eigenvalue weighted by molar-refractivity contribution is 5.98. The predicted molar refractivity (Wildman–Crippen MR) is 94.5 cm³/mol. The number of rotatable bonds is 3. The molecular weight excluding hydrogens is 300 g/mol. The summed E-state index contributed by atoms with van der Waals surface area (Å²) in [4.78, 5) is 19.3. The van der Waals surface area contributed by atoms with Crippen LogP contribution in [0.15, 0.2) is 52.9 Å². The molecule has 0 radical (unpaired) electrons. The van der Waals surface area contributed by atoms with Crippen LogP contribution in [0.5, 0.6) is 0 Å². The van der Waals surface area contributed by atoms with Crippen molar-refractivity contribution in [2.24, 2.45) is 5.92 Å². The maximum atomic E-state index is 12.6. The van der Waals surface area contributed by atoms with Gasteiger partial charge in [-0.05, 0) is 31.9 Å². The second-order valence-electron chi connectivity index (χ2n) is 6.46. The maximum Gasteiger partial charge on any atom is 0.298 e. The number of benzene rings is 2. The van der Waals surface area contributed by atoms with Crippen molar-refractivity contribution in [3.8, 4) is 0 Å². The average Bonchev–Trinajstić information content (AvgIpc) is 3.06. The van der Waals surface area contributed by atoms with Crippen LogP contribution in [0.25, 0.3) is 11.1 Å². The predicted octanol–water partition coefficient (Wildman–Crippen LogP) is 4.24. The molecule has 2 aromatic carbocycles. The lowest BCUT2D eigenvalue weighted by molar-refractivity contribution is 0.0899. The SMILES string of the molecule is Cc1ccc(C(=O)C2CCN(c3nc4ccccc4o3)CC2)cc1. The standard InChI is InChI=1S/C20H20N2O2/c1-14-6-8-15(9-7-14)19(23)16-10-12-22(13-11-16)20-21-17-4-2-3-5-18(17)24-20/h2-9,16H,10-13H2,1H3. The lowest BCUT2D eigenvalue weighted by Crippen LogP contribution is -2.36. The molecule has 0 N–H and O–H groups in total. The molecule has 0 atom stereocenters. The van der Waals surface area contributed by atoms with Gasteiger partial charge in [0.2, 0.25) is 0 Å². The fraction of sp³-hybridized carbons (Fsp3) is 0.300. The van der Waals surface area contributed by atoms with E-state index in [-0.39, 0.29) is 11.7 Å². The third-order valence-corrected chi connectivity index (χ3v) is 4.75. The normalized spacial score (nSPS) is 15.8. The Hall–Kier alpha value is -2.62. The van der Waals surface area contributed by atoms with Gasteiger partial charge in [-0.15, -0.1) is 0 Å². The van der Waals surface area contributed by atoms with Crippen molar-refractivity contribution in [1.82, 2.24) is 4.98 Å². The van der Waals surface area contributed by atoms with E-state index in [1.54, 1.807) is 0 Å². The lowest BCUT2D eigenvalue weighted by Gasteiger charge is -2.30. The largest absolute Gasteiger partial charge is 0.423 e. The molecule has 1 aromatic heterocycles.